The molecule has 0 bridgehead atoms. The molecule has 1 atom stereocenters. The zero-order valence-corrected chi connectivity index (χ0v) is 8.68. The lowest BCUT2D eigenvalue weighted by Gasteiger charge is -2.11. The third-order valence-electron chi connectivity index (χ3n) is 1.86. The predicted octanol–water partition coefficient (Wildman–Crippen LogP) is 1.21. The number of ether oxygens (including phenoxy) is 1. The van der Waals surface area contributed by atoms with E-state index in [0.29, 0.717) is 11.3 Å². The molecule has 1 aromatic rings. The van der Waals surface area contributed by atoms with E-state index in [4.69, 9.17) is 16.2 Å². The number of halogens is 2. The Hall–Kier alpha value is -0.840. The van der Waals surface area contributed by atoms with Crippen LogP contribution in [-0.4, -0.2) is 13.7 Å². The molecule has 0 saturated heterocycles. The Morgan fingerprint density at radius 2 is 2.14 bits per heavy atom. The highest BCUT2D eigenvalue weighted by molar-refractivity contribution is 5.85. The van der Waals surface area contributed by atoms with E-state index in [9.17, 15) is 4.39 Å². The van der Waals surface area contributed by atoms with Crippen LogP contribution in [0.4, 0.5) is 4.39 Å². The second-order valence-corrected chi connectivity index (χ2v) is 2.73. The summed E-state index contributed by atoms with van der Waals surface area (Å²) >= 11 is 0. The number of benzene rings is 1. The van der Waals surface area contributed by atoms with Gasteiger partial charge in [-0.2, -0.15) is 0 Å². The summed E-state index contributed by atoms with van der Waals surface area (Å²) in [6.45, 7) is 0.212. The highest BCUT2D eigenvalue weighted by Gasteiger charge is 2.10. The normalized spacial score (nSPS) is 11.7. The van der Waals surface area contributed by atoms with Gasteiger partial charge in [0.1, 0.15) is 11.6 Å². The van der Waals surface area contributed by atoms with Crippen molar-refractivity contribution in [2.75, 3.05) is 13.7 Å². The quantitative estimate of drug-likeness (QED) is 0.805. The first-order valence-electron chi connectivity index (χ1n) is 3.98. The summed E-state index contributed by atoms with van der Waals surface area (Å²) in [6, 6.07) is 3.95. The molecular weight excluding hydrogens is 207 g/mol. The molecule has 3 nitrogen and oxygen atoms in total. The maximum atomic E-state index is 13.2. The minimum Gasteiger partial charge on any atom is -0.497 e. The van der Waals surface area contributed by atoms with Gasteiger partial charge in [0.15, 0.2) is 0 Å². The van der Waals surface area contributed by atoms with E-state index in [0.717, 1.165) is 0 Å². The molecule has 1 rings (SSSR count). The smallest absolute Gasteiger partial charge is 0.128 e. The number of hydrogen-bond acceptors (Lipinski definition) is 3. The molecule has 0 aromatic heterocycles. The lowest BCUT2D eigenvalue weighted by Crippen LogP contribution is -2.21. The Kier molecular flexibility index (Phi) is 5.45. The summed E-state index contributed by atoms with van der Waals surface area (Å²) in [6.07, 6.45) is 0. The lowest BCUT2D eigenvalue weighted by atomic mass is 10.1. The van der Waals surface area contributed by atoms with Crippen molar-refractivity contribution in [1.82, 2.24) is 0 Å². The van der Waals surface area contributed by atoms with Gasteiger partial charge in [0.25, 0.3) is 0 Å². The van der Waals surface area contributed by atoms with Gasteiger partial charge in [-0.1, -0.05) is 0 Å². The maximum absolute atomic E-state index is 13.2. The van der Waals surface area contributed by atoms with Crippen LogP contribution in [0.3, 0.4) is 0 Å². The molecule has 0 spiro atoms. The Morgan fingerprint density at radius 1 is 1.50 bits per heavy atom. The average molecular weight is 221 g/mol. The monoisotopic (exact) mass is 220 g/mol. The van der Waals surface area contributed by atoms with Crippen LogP contribution in [0.25, 0.3) is 0 Å². The number of rotatable bonds is 3. The van der Waals surface area contributed by atoms with Crippen LogP contribution < -0.4 is 16.2 Å². The minimum atomic E-state index is -0.477. The molecule has 0 radical (unpaired) electrons. The van der Waals surface area contributed by atoms with Crippen LogP contribution in [0, 0.1) is 5.82 Å². The second kappa shape index (κ2) is 5.80. The fraction of sp³-hybridized carbons (Fsp3) is 0.333. The van der Waals surface area contributed by atoms with Crippen molar-refractivity contribution >= 4 is 12.4 Å². The van der Waals surface area contributed by atoms with E-state index in [1.54, 1.807) is 12.1 Å². The summed E-state index contributed by atoms with van der Waals surface area (Å²) in [5.41, 5.74) is 11.3. The topological polar surface area (TPSA) is 61.3 Å². The third-order valence-corrected chi connectivity index (χ3v) is 1.86. The first-order chi connectivity index (χ1) is 6.19. The van der Waals surface area contributed by atoms with Crippen LogP contribution in [-0.2, 0) is 0 Å². The van der Waals surface area contributed by atoms with Gasteiger partial charge in [-0.3, -0.25) is 0 Å². The van der Waals surface area contributed by atoms with Gasteiger partial charge in [0, 0.05) is 18.2 Å². The molecule has 4 N–H and O–H groups in total. The number of methoxy groups -OCH3 is 1. The van der Waals surface area contributed by atoms with Gasteiger partial charge in [0.05, 0.1) is 7.11 Å². The van der Waals surface area contributed by atoms with E-state index in [1.807, 2.05) is 0 Å². The van der Waals surface area contributed by atoms with Crippen LogP contribution in [0.5, 0.6) is 5.75 Å². The summed E-state index contributed by atoms with van der Waals surface area (Å²) in [7, 11) is 1.52. The van der Waals surface area contributed by atoms with Gasteiger partial charge in [-0.25, -0.2) is 4.39 Å². The summed E-state index contributed by atoms with van der Waals surface area (Å²) in [5.74, 6) is 0.235. The van der Waals surface area contributed by atoms with Crippen molar-refractivity contribution in [3.63, 3.8) is 0 Å². The predicted molar refractivity (Wildman–Crippen MR) is 56.2 cm³/mol. The van der Waals surface area contributed by atoms with Crippen LogP contribution in [0.15, 0.2) is 18.2 Å². The van der Waals surface area contributed by atoms with Crippen molar-refractivity contribution in [2.45, 2.75) is 6.04 Å². The first-order valence-corrected chi connectivity index (χ1v) is 3.98. The molecular formula is C9H14ClFN2O. The Morgan fingerprint density at radius 3 is 2.64 bits per heavy atom. The highest BCUT2D eigenvalue weighted by atomic mass is 35.5. The number of nitrogens with two attached hydrogens (primary N) is 2. The van der Waals surface area contributed by atoms with Crippen molar-refractivity contribution in [1.29, 1.82) is 0 Å². The first kappa shape index (κ1) is 13.2. The van der Waals surface area contributed by atoms with Gasteiger partial charge in [0.2, 0.25) is 0 Å². The Bertz CT molecular complexity index is 296. The van der Waals surface area contributed by atoms with Crippen LogP contribution >= 0.6 is 12.4 Å². The van der Waals surface area contributed by atoms with Crippen molar-refractivity contribution < 1.29 is 9.13 Å². The van der Waals surface area contributed by atoms with Crippen LogP contribution in [0.2, 0.25) is 0 Å². The molecule has 0 unspecified atom stereocenters. The van der Waals surface area contributed by atoms with Gasteiger partial charge in [-0.15, -0.1) is 12.4 Å². The molecule has 0 aliphatic rings. The molecule has 0 aliphatic carbocycles. The van der Waals surface area contributed by atoms with E-state index in [1.165, 1.54) is 13.2 Å². The molecule has 5 heteroatoms. The second-order valence-electron chi connectivity index (χ2n) is 2.73. The Labute approximate surface area is 88.6 Å². The van der Waals surface area contributed by atoms with E-state index in [2.05, 4.69) is 0 Å². The van der Waals surface area contributed by atoms with Crippen LogP contribution in [0.1, 0.15) is 11.6 Å². The Balaban J connectivity index is 0.00000169. The molecule has 80 valence electrons. The van der Waals surface area contributed by atoms with E-state index >= 15 is 0 Å². The SMILES string of the molecule is COc1ccc(F)c([C@@H](N)CN)c1.Cl. The molecule has 0 aliphatic heterocycles. The van der Waals surface area contributed by atoms with Gasteiger partial charge < -0.3 is 16.2 Å². The zero-order valence-electron chi connectivity index (χ0n) is 7.87. The fourth-order valence-corrected chi connectivity index (χ4v) is 1.06. The highest BCUT2D eigenvalue weighted by Crippen LogP contribution is 2.20. The minimum absolute atomic E-state index is 0. The maximum Gasteiger partial charge on any atom is 0.128 e. The summed E-state index contributed by atoms with van der Waals surface area (Å²) in [5, 5.41) is 0. The molecule has 0 fully saturated rings. The van der Waals surface area contributed by atoms with Gasteiger partial charge >= 0.3 is 0 Å². The largest absolute Gasteiger partial charge is 0.497 e. The fourth-order valence-electron chi connectivity index (χ4n) is 1.06. The lowest BCUT2D eigenvalue weighted by molar-refractivity contribution is 0.412. The third kappa shape index (κ3) is 2.83. The molecule has 14 heavy (non-hydrogen) atoms. The zero-order chi connectivity index (χ0) is 9.84. The molecule has 1 aromatic carbocycles. The number of hydrogen-bond donors (Lipinski definition) is 2. The molecule has 0 heterocycles. The van der Waals surface area contributed by atoms with E-state index in [-0.39, 0.29) is 24.8 Å². The average Bonchev–Trinajstić information content (AvgIpc) is 2.17. The molecule has 0 saturated carbocycles. The summed E-state index contributed by atoms with van der Waals surface area (Å²) in [4.78, 5) is 0. The molecule has 0 amide bonds. The van der Waals surface area contributed by atoms with Crippen molar-refractivity contribution in [3.8, 4) is 5.75 Å². The van der Waals surface area contributed by atoms with Gasteiger partial charge in [-0.05, 0) is 18.2 Å². The summed E-state index contributed by atoms with van der Waals surface area (Å²) < 4.78 is 18.1. The van der Waals surface area contributed by atoms with Crippen molar-refractivity contribution in [3.05, 3.63) is 29.6 Å². The van der Waals surface area contributed by atoms with E-state index < -0.39 is 6.04 Å². The van der Waals surface area contributed by atoms with Crippen molar-refractivity contribution in [2.24, 2.45) is 11.5 Å². The standard InChI is InChI=1S/C9H13FN2O.ClH/c1-13-6-2-3-8(10)7(4-6)9(12)5-11;/h2-4,9H,5,11-12H2,1H3;1H/t9-;/m0./s1.